The van der Waals surface area contributed by atoms with Crippen LogP contribution in [-0.4, -0.2) is 41.9 Å². The minimum atomic E-state index is -0.523. The molecule has 1 aliphatic heterocycles. The molecule has 1 aliphatic rings. The molecular formula is C26H24FN3O3. The van der Waals surface area contributed by atoms with Crippen molar-refractivity contribution in [2.24, 2.45) is 0 Å². The number of rotatable bonds is 8. The van der Waals surface area contributed by atoms with E-state index in [9.17, 15) is 14.0 Å². The zero-order valence-electron chi connectivity index (χ0n) is 18.5. The van der Waals surface area contributed by atoms with E-state index in [4.69, 9.17) is 4.74 Å². The number of pyridine rings is 1. The average Bonchev–Trinajstić information content (AvgIpc) is 3.10. The summed E-state index contributed by atoms with van der Waals surface area (Å²) in [6, 6.07) is 16.4. The van der Waals surface area contributed by atoms with Gasteiger partial charge in [0.25, 0.3) is 11.8 Å². The fraction of sp³-hybridized carbons (Fsp3) is 0.192. The number of nitrogens with zero attached hydrogens (tertiary/aromatic N) is 3. The maximum absolute atomic E-state index is 13.9. The molecule has 1 aromatic heterocycles. The number of amides is 2. The maximum atomic E-state index is 13.9. The van der Waals surface area contributed by atoms with Gasteiger partial charge in [-0.15, -0.1) is 0 Å². The Kier molecular flexibility index (Phi) is 6.49. The topological polar surface area (TPSA) is 62.7 Å². The van der Waals surface area contributed by atoms with Crippen molar-refractivity contribution in [3.8, 4) is 5.75 Å². The number of carbonyl (C=O) groups is 2. The standard InChI is InChI=1S/C26H24FN3O3/c1-3-29(16-13-18-11-14-28-15-12-18)24-23(21-9-4-5-10-22(21)33-2)25(31)30(26(24)32)20-8-6-7-19(27)17-20/h4-12,14-15,17H,3,13,16H2,1-2H3. The van der Waals surface area contributed by atoms with Gasteiger partial charge in [-0.25, -0.2) is 9.29 Å². The van der Waals surface area contributed by atoms with Crippen molar-refractivity contribution in [2.45, 2.75) is 13.3 Å². The van der Waals surface area contributed by atoms with Crippen LogP contribution in [0.3, 0.4) is 0 Å². The van der Waals surface area contributed by atoms with E-state index in [1.54, 1.807) is 42.7 Å². The summed E-state index contributed by atoms with van der Waals surface area (Å²) in [5.74, 6) is -1.03. The second kappa shape index (κ2) is 9.65. The predicted molar refractivity (Wildman–Crippen MR) is 124 cm³/mol. The number of likely N-dealkylation sites (N-methyl/N-ethyl adjacent to an activating group) is 1. The first-order chi connectivity index (χ1) is 16.0. The molecule has 0 aliphatic carbocycles. The summed E-state index contributed by atoms with van der Waals surface area (Å²) in [7, 11) is 1.52. The molecule has 0 bridgehead atoms. The quantitative estimate of drug-likeness (QED) is 0.489. The lowest BCUT2D eigenvalue weighted by atomic mass is 10.0. The lowest BCUT2D eigenvalue weighted by Gasteiger charge is -2.25. The van der Waals surface area contributed by atoms with Gasteiger partial charge in [-0.3, -0.25) is 14.6 Å². The van der Waals surface area contributed by atoms with Gasteiger partial charge >= 0.3 is 0 Å². The van der Waals surface area contributed by atoms with E-state index in [-0.39, 0.29) is 17.0 Å². The number of carbonyl (C=O) groups excluding carboxylic acids is 2. The number of hydrogen-bond acceptors (Lipinski definition) is 5. The largest absolute Gasteiger partial charge is 0.496 e. The molecule has 168 valence electrons. The molecule has 3 aromatic rings. The second-order valence-electron chi connectivity index (χ2n) is 7.53. The first kappa shape index (κ1) is 22.2. The Morgan fingerprint density at radius 3 is 2.45 bits per heavy atom. The monoisotopic (exact) mass is 445 g/mol. The summed E-state index contributed by atoms with van der Waals surface area (Å²) in [4.78, 5) is 34.3. The molecule has 7 heteroatoms. The number of halogens is 1. The highest BCUT2D eigenvalue weighted by molar-refractivity contribution is 6.45. The third-order valence-electron chi connectivity index (χ3n) is 5.62. The zero-order valence-corrected chi connectivity index (χ0v) is 18.5. The third kappa shape index (κ3) is 4.35. The molecule has 0 N–H and O–H groups in total. The van der Waals surface area contributed by atoms with Crippen LogP contribution in [-0.2, 0) is 16.0 Å². The van der Waals surface area contributed by atoms with E-state index in [1.807, 2.05) is 24.0 Å². The Hall–Kier alpha value is -4.00. The molecule has 6 nitrogen and oxygen atoms in total. The van der Waals surface area contributed by atoms with Gasteiger partial charge in [0.2, 0.25) is 0 Å². The number of para-hydroxylation sites is 1. The van der Waals surface area contributed by atoms with Gasteiger partial charge in [-0.2, -0.15) is 0 Å². The van der Waals surface area contributed by atoms with Crippen LogP contribution in [0, 0.1) is 5.82 Å². The first-order valence-corrected chi connectivity index (χ1v) is 10.7. The summed E-state index contributed by atoms with van der Waals surface area (Å²) in [5.41, 5.74) is 2.32. The Labute approximate surface area is 191 Å². The van der Waals surface area contributed by atoms with Gasteiger partial charge < -0.3 is 9.64 Å². The second-order valence-corrected chi connectivity index (χ2v) is 7.53. The lowest BCUT2D eigenvalue weighted by Crippen LogP contribution is -2.36. The number of ether oxygens (including phenoxy) is 1. The predicted octanol–water partition coefficient (Wildman–Crippen LogP) is 4.08. The minimum Gasteiger partial charge on any atom is -0.496 e. The number of anilines is 1. The zero-order chi connectivity index (χ0) is 23.4. The van der Waals surface area contributed by atoms with E-state index in [1.165, 1.54) is 25.3 Å². The summed E-state index contributed by atoms with van der Waals surface area (Å²) >= 11 is 0. The highest BCUT2D eigenvalue weighted by Crippen LogP contribution is 2.38. The SMILES string of the molecule is CCN(CCc1ccncc1)C1=C(c2ccccc2OC)C(=O)N(c2cccc(F)c2)C1=O. The Bertz CT molecular complexity index is 1210. The fourth-order valence-electron chi connectivity index (χ4n) is 4.00. The van der Waals surface area contributed by atoms with Gasteiger partial charge in [-0.1, -0.05) is 24.3 Å². The van der Waals surface area contributed by atoms with Crippen molar-refractivity contribution in [3.05, 3.63) is 95.7 Å². The van der Waals surface area contributed by atoms with Crippen LogP contribution >= 0.6 is 0 Å². The molecule has 0 radical (unpaired) electrons. The van der Waals surface area contributed by atoms with Crippen molar-refractivity contribution >= 4 is 23.1 Å². The average molecular weight is 445 g/mol. The summed E-state index contributed by atoms with van der Waals surface area (Å²) in [6.07, 6.45) is 4.11. The Morgan fingerprint density at radius 2 is 1.76 bits per heavy atom. The van der Waals surface area contributed by atoms with Gasteiger partial charge in [0, 0.05) is 31.0 Å². The van der Waals surface area contributed by atoms with Crippen LogP contribution in [0.1, 0.15) is 18.1 Å². The van der Waals surface area contributed by atoms with E-state index in [0.717, 1.165) is 10.5 Å². The fourth-order valence-corrected chi connectivity index (χ4v) is 4.00. The summed E-state index contributed by atoms with van der Waals surface area (Å²) in [6.45, 7) is 2.96. The summed E-state index contributed by atoms with van der Waals surface area (Å²) < 4.78 is 19.4. The lowest BCUT2D eigenvalue weighted by molar-refractivity contribution is -0.120. The molecule has 2 heterocycles. The first-order valence-electron chi connectivity index (χ1n) is 10.7. The van der Waals surface area contributed by atoms with Crippen molar-refractivity contribution in [1.82, 2.24) is 9.88 Å². The maximum Gasteiger partial charge on any atom is 0.282 e. The van der Waals surface area contributed by atoms with E-state index in [2.05, 4.69) is 4.98 Å². The Balaban J connectivity index is 1.80. The van der Waals surface area contributed by atoms with Gasteiger partial charge in [0.15, 0.2) is 0 Å². The number of methoxy groups -OCH3 is 1. The van der Waals surface area contributed by atoms with Crippen LogP contribution < -0.4 is 9.64 Å². The highest BCUT2D eigenvalue weighted by atomic mass is 19.1. The minimum absolute atomic E-state index is 0.192. The molecule has 0 atom stereocenters. The number of aromatic nitrogens is 1. The van der Waals surface area contributed by atoms with Crippen LogP contribution in [0.25, 0.3) is 5.57 Å². The van der Waals surface area contributed by atoms with Crippen molar-refractivity contribution in [2.75, 3.05) is 25.1 Å². The number of hydrogen-bond donors (Lipinski definition) is 0. The van der Waals surface area contributed by atoms with Gasteiger partial charge in [-0.05, 0) is 55.3 Å². The van der Waals surface area contributed by atoms with Crippen molar-refractivity contribution < 1.29 is 18.7 Å². The van der Waals surface area contributed by atoms with E-state index < -0.39 is 17.6 Å². The normalized spacial score (nSPS) is 13.6. The van der Waals surface area contributed by atoms with Crippen molar-refractivity contribution in [1.29, 1.82) is 0 Å². The molecule has 0 saturated heterocycles. The van der Waals surface area contributed by atoms with Crippen LogP contribution in [0.5, 0.6) is 5.75 Å². The summed E-state index contributed by atoms with van der Waals surface area (Å²) in [5, 5.41) is 0. The van der Waals surface area contributed by atoms with Crippen molar-refractivity contribution in [3.63, 3.8) is 0 Å². The molecule has 0 fully saturated rings. The molecule has 0 saturated carbocycles. The van der Waals surface area contributed by atoms with E-state index in [0.29, 0.717) is 30.8 Å². The Morgan fingerprint density at radius 1 is 1.00 bits per heavy atom. The molecule has 0 spiro atoms. The molecule has 0 unspecified atom stereocenters. The number of imide groups is 1. The number of benzene rings is 2. The molecule has 2 aromatic carbocycles. The molecule has 33 heavy (non-hydrogen) atoms. The highest BCUT2D eigenvalue weighted by Gasteiger charge is 2.43. The molecule has 4 rings (SSSR count). The van der Waals surface area contributed by atoms with Crippen LogP contribution in [0.4, 0.5) is 10.1 Å². The third-order valence-corrected chi connectivity index (χ3v) is 5.62. The van der Waals surface area contributed by atoms with Crippen LogP contribution in [0.2, 0.25) is 0 Å². The van der Waals surface area contributed by atoms with Gasteiger partial charge in [0.05, 0.1) is 18.4 Å². The van der Waals surface area contributed by atoms with Gasteiger partial charge in [0.1, 0.15) is 17.3 Å². The van der Waals surface area contributed by atoms with E-state index >= 15 is 0 Å². The molecule has 2 amide bonds. The van der Waals surface area contributed by atoms with Crippen LogP contribution in [0.15, 0.2) is 78.8 Å². The molecular weight excluding hydrogens is 421 g/mol. The smallest absolute Gasteiger partial charge is 0.282 e.